The zero-order valence-electron chi connectivity index (χ0n) is 10.8. The predicted molar refractivity (Wildman–Crippen MR) is 70.9 cm³/mol. The minimum Gasteiger partial charge on any atom is -0.490 e. The molecule has 108 valence electrons. The van der Waals surface area contributed by atoms with Crippen LogP contribution in [0.1, 0.15) is 12.8 Å². The van der Waals surface area contributed by atoms with E-state index in [1.54, 1.807) is 6.07 Å². The smallest absolute Gasteiger partial charge is 0.326 e. The monoisotopic (exact) mass is 281 g/mol. The van der Waals surface area contributed by atoms with E-state index in [0.717, 1.165) is 0 Å². The number of amides is 1. The lowest BCUT2D eigenvalue weighted by Crippen LogP contribution is -2.40. The summed E-state index contributed by atoms with van der Waals surface area (Å²) in [6.45, 7) is 3.39. The molecule has 1 atom stereocenters. The Hall–Kier alpha value is -2.37. The van der Waals surface area contributed by atoms with E-state index >= 15 is 0 Å². The van der Waals surface area contributed by atoms with Crippen LogP contribution in [0.25, 0.3) is 0 Å². The zero-order chi connectivity index (χ0) is 15.0. The van der Waals surface area contributed by atoms with E-state index < -0.39 is 23.7 Å². The molecule has 6 heteroatoms. The fourth-order valence-corrected chi connectivity index (χ4v) is 1.47. The van der Waals surface area contributed by atoms with Crippen molar-refractivity contribution in [3.05, 3.63) is 42.7 Å². The number of ether oxygens (including phenoxy) is 1. The van der Waals surface area contributed by atoms with E-state index in [2.05, 4.69) is 11.9 Å². The van der Waals surface area contributed by atoms with Gasteiger partial charge in [0.05, 0.1) is 13.0 Å². The molecule has 0 saturated carbocycles. The van der Waals surface area contributed by atoms with Gasteiger partial charge in [-0.05, 0) is 18.6 Å². The Morgan fingerprint density at radius 1 is 1.45 bits per heavy atom. The summed E-state index contributed by atoms with van der Waals surface area (Å²) in [6, 6.07) is 4.84. The molecule has 1 amide bonds. The molecule has 20 heavy (non-hydrogen) atoms. The zero-order valence-corrected chi connectivity index (χ0v) is 10.8. The van der Waals surface area contributed by atoms with Gasteiger partial charge in [-0.3, -0.25) is 4.79 Å². The molecule has 1 unspecified atom stereocenters. The van der Waals surface area contributed by atoms with Crippen molar-refractivity contribution >= 4 is 11.9 Å². The summed E-state index contributed by atoms with van der Waals surface area (Å²) in [5.41, 5.74) is 0. The van der Waals surface area contributed by atoms with E-state index in [0.29, 0.717) is 0 Å². The highest BCUT2D eigenvalue weighted by Gasteiger charge is 2.18. The number of carbonyl (C=O) groups is 2. The number of carboxylic acid groups (broad SMARTS) is 1. The van der Waals surface area contributed by atoms with Crippen LogP contribution in [0.2, 0.25) is 0 Å². The normalized spacial score (nSPS) is 11.4. The van der Waals surface area contributed by atoms with Crippen molar-refractivity contribution in [2.45, 2.75) is 18.9 Å². The average Bonchev–Trinajstić information content (AvgIpc) is 2.40. The Morgan fingerprint density at radius 2 is 2.15 bits per heavy atom. The van der Waals surface area contributed by atoms with Crippen LogP contribution in [0.3, 0.4) is 0 Å². The summed E-state index contributed by atoms with van der Waals surface area (Å²) < 4.78 is 18.3. The Morgan fingerprint density at radius 3 is 2.75 bits per heavy atom. The lowest BCUT2D eigenvalue weighted by atomic mass is 10.2. The number of halogens is 1. The molecule has 0 radical (unpaired) electrons. The third-order valence-corrected chi connectivity index (χ3v) is 2.46. The van der Waals surface area contributed by atoms with Crippen molar-refractivity contribution in [2.24, 2.45) is 0 Å². The molecular formula is C14H16FNO4. The minimum atomic E-state index is -1.13. The van der Waals surface area contributed by atoms with Crippen molar-refractivity contribution in [3.8, 4) is 5.75 Å². The van der Waals surface area contributed by atoms with Crippen molar-refractivity contribution in [2.75, 3.05) is 6.61 Å². The van der Waals surface area contributed by atoms with Gasteiger partial charge in [0.25, 0.3) is 0 Å². The fraction of sp³-hybridized carbons (Fsp3) is 0.286. The molecule has 0 bridgehead atoms. The highest BCUT2D eigenvalue weighted by atomic mass is 19.1. The van der Waals surface area contributed by atoms with E-state index in [1.165, 1.54) is 24.3 Å². The summed E-state index contributed by atoms with van der Waals surface area (Å²) in [5.74, 6) is -2.06. The van der Waals surface area contributed by atoms with Crippen LogP contribution in [-0.2, 0) is 9.59 Å². The maximum atomic E-state index is 13.2. The summed E-state index contributed by atoms with van der Waals surface area (Å²) in [6.07, 6.45) is 1.49. The number of hydrogen-bond acceptors (Lipinski definition) is 3. The quantitative estimate of drug-likeness (QED) is 0.712. The van der Waals surface area contributed by atoms with Crippen LogP contribution in [-0.4, -0.2) is 29.6 Å². The number of para-hydroxylation sites is 1. The summed E-state index contributed by atoms with van der Waals surface area (Å²) >= 11 is 0. The predicted octanol–water partition coefficient (Wildman–Crippen LogP) is 1.74. The third-order valence-electron chi connectivity index (χ3n) is 2.46. The molecule has 0 spiro atoms. The summed E-state index contributed by atoms with van der Waals surface area (Å²) in [4.78, 5) is 22.3. The van der Waals surface area contributed by atoms with E-state index in [1.807, 2.05) is 0 Å². The lowest BCUT2D eigenvalue weighted by Gasteiger charge is -2.12. The van der Waals surface area contributed by atoms with Gasteiger partial charge in [-0.2, -0.15) is 0 Å². The molecule has 0 aliphatic rings. The second kappa shape index (κ2) is 7.93. The number of rotatable bonds is 8. The van der Waals surface area contributed by atoms with Crippen LogP contribution >= 0.6 is 0 Å². The Balaban J connectivity index is 2.38. The lowest BCUT2D eigenvalue weighted by molar-refractivity contribution is -0.141. The molecule has 1 aromatic rings. The highest BCUT2D eigenvalue weighted by molar-refractivity contribution is 5.83. The summed E-state index contributed by atoms with van der Waals surface area (Å²) in [5, 5.41) is 11.2. The molecule has 2 N–H and O–H groups in total. The largest absolute Gasteiger partial charge is 0.490 e. The first-order valence-corrected chi connectivity index (χ1v) is 6.05. The van der Waals surface area contributed by atoms with Crippen molar-refractivity contribution < 1.29 is 23.8 Å². The Labute approximate surface area is 116 Å². The average molecular weight is 281 g/mol. The number of benzene rings is 1. The molecule has 0 aliphatic carbocycles. The van der Waals surface area contributed by atoms with Crippen molar-refractivity contribution in [3.63, 3.8) is 0 Å². The molecular weight excluding hydrogens is 265 g/mol. The molecule has 0 saturated heterocycles. The van der Waals surface area contributed by atoms with Gasteiger partial charge in [-0.25, -0.2) is 9.18 Å². The number of carbonyl (C=O) groups excluding carboxylic acids is 1. The Kier molecular flexibility index (Phi) is 6.22. The second-order valence-electron chi connectivity index (χ2n) is 4.01. The van der Waals surface area contributed by atoms with Crippen LogP contribution in [0, 0.1) is 5.82 Å². The molecule has 0 heterocycles. The van der Waals surface area contributed by atoms with Gasteiger partial charge < -0.3 is 15.2 Å². The minimum absolute atomic E-state index is 0.0345. The van der Waals surface area contributed by atoms with Gasteiger partial charge in [0.1, 0.15) is 6.04 Å². The highest BCUT2D eigenvalue weighted by Crippen LogP contribution is 2.15. The first-order valence-electron chi connectivity index (χ1n) is 6.05. The molecule has 0 aliphatic heterocycles. The standard InChI is InChI=1S/C14H16FNO4/c1-2-5-11(14(18)19)16-13(17)8-9-20-12-7-4-3-6-10(12)15/h2-4,6-7,11H,1,5,8-9H2,(H,16,17)(H,18,19). The van der Waals surface area contributed by atoms with Gasteiger partial charge in [0.2, 0.25) is 5.91 Å². The van der Waals surface area contributed by atoms with E-state index in [-0.39, 0.29) is 25.2 Å². The molecule has 1 aromatic carbocycles. The number of hydrogen-bond donors (Lipinski definition) is 2. The first-order chi connectivity index (χ1) is 9.54. The van der Waals surface area contributed by atoms with Gasteiger partial charge in [-0.15, -0.1) is 6.58 Å². The SMILES string of the molecule is C=CCC(NC(=O)CCOc1ccccc1F)C(=O)O. The van der Waals surface area contributed by atoms with Crippen LogP contribution in [0.5, 0.6) is 5.75 Å². The fourth-order valence-electron chi connectivity index (χ4n) is 1.47. The molecule has 5 nitrogen and oxygen atoms in total. The number of carboxylic acids is 1. The van der Waals surface area contributed by atoms with Crippen LogP contribution in [0.15, 0.2) is 36.9 Å². The maximum Gasteiger partial charge on any atom is 0.326 e. The van der Waals surface area contributed by atoms with E-state index in [9.17, 15) is 14.0 Å². The Bertz CT molecular complexity index is 490. The van der Waals surface area contributed by atoms with Gasteiger partial charge in [0, 0.05) is 0 Å². The van der Waals surface area contributed by atoms with Gasteiger partial charge >= 0.3 is 5.97 Å². The van der Waals surface area contributed by atoms with Crippen molar-refractivity contribution in [1.29, 1.82) is 0 Å². The molecule has 0 fully saturated rings. The number of nitrogens with one attached hydrogen (secondary N) is 1. The maximum absolute atomic E-state index is 13.2. The molecule has 0 aromatic heterocycles. The third kappa shape index (κ3) is 5.09. The summed E-state index contributed by atoms with van der Waals surface area (Å²) in [7, 11) is 0. The first kappa shape index (κ1) is 15.7. The van der Waals surface area contributed by atoms with Crippen LogP contribution in [0.4, 0.5) is 4.39 Å². The topological polar surface area (TPSA) is 75.6 Å². The number of aliphatic carboxylic acids is 1. The van der Waals surface area contributed by atoms with E-state index in [4.69, 9.17) is 9.84 Å². The second-order valence-corrected chi connectivity index (χ2v) is 4.01. The molecule has 1 rings (SSSR count). The van der Waals surface area contributed by atoms with Crippen LogP contribution < -0.4 is 10.1 Å². The van der Waals surface area contributed by atoms with Gasteiger partial charge in [0.15, 0.2) is 11.6 Å². The van der Waals surface area contributed by atoms with Gasteiger partial charge in [-0.1, -0.05) is 18.2 Å². The van der Waals surface area contributed by atoms with Crippen molar-refractivity contribution in [1.82, 2.24) is 5.32 Å².